The first kappa shape index (κ1) is 15.9. The Hall–Kier alpha value is -1.46. The van der Waals surface area contributed by atoms with Gasteiger partial charge < -0.3 is 10.1 Å². The summed E-state index contributed by atoms with van der Waals surface area (Å²) in [5, 5.41) is 3.36. The van der Waals surface area contributed by atoms with Gasteiger partial charge in [0.2, 0.25) is 0 Å². The number of pyridine rings is 1. The van der Waals surface area contributed by atoms with Crippen LogP contribution in [0, 0.1) is 5.82 Å². The Kier molecular flexibility index (Phi) is 4.96. The molecule has 3 nitrogen and oxygen atoms in total. The molecule has 0 radical (unpaired) electrons. The second kappa shape index (κ2) is 6.54. The van der Waals surface area contributed by atoms with E-state index in [4.69, 9.17) is 4.74 Å². The smallest absolute Gasteiger partial charge is 0.131 e. The SMILES string of the molecule is CC(C)(C)NCc1cc(Oc2cc(F)cc(Br)c2)ccn1. The predicted octanol–water partition coefficient (Wildman–Crippen LogP) is 4.66. The zero-order valence-electron chi connectivity index (χ0n) is 12.3. The van der Waals surface area contributed by atoms with E-state index in [0.29, 0.717) is 22.5 Å². The molecule has 0 aliphatic heterocycles. The van der Waals surface area contributed by atoms with E-state index in [-0.39, 0.29) is 11.4 Å². The summed E-state index contributed by atoms with van der Waals surface area (Å²) in [4.78, 5) is 4.29. The highest BCUT2D eigenvalue weighted by atomic mass is 79.9. The lowest BCUT2D eigenvalue weighted by Gasteiger charge is -2.20. The molecule has 1 aromatic heterocycles. The number of hydrogen-bond donors (Lipinski definition) is 1. The Bertz CT molecular complexity index is 606. The number of nitrogens with one attached hydrogen (secondary N) is 1. The molecule has 0 unspecified atom stereocenters. The molecule has 0 amide bonds. The van der Waals surface area contributed by atoms with E-state index in [1.165, 1.54) is 12.1 Å². The molecule has 0 aliphatic carbocycles. The van der Waals surface area contributed by atoms with Crippen LogP contribution in [0.15, 0.2) is 41.0 Å². The van der Waals surface area contributed by atoms with E-state index in [9.17, 15) is 4.39 Å². The quantitative estimate of drug-likeness (QED) is 0.868. The maximum Gasteiger partial charge on any atom is 0.131 e. The summed E-state index contributed by atoms with van der Waals surface area (Å²) < 4.78 is 19.6. The van der Waals surface area contributed by atoms with Crippen LogP contribution in [0.3, 0.4) is 0 Å². The summed E-state index contributed by atoms with van der Waals surface area (Å²) in [6, 6.07) is 8.05. The molecular formula is C16H18BrFN2O. The van der Waals surface area contributed by atoms with Gasteiger partial charge in [-0.05, 0) is 39.0 Å². The van der Waals surface area contributed by atoms with Gasteiger partial charge in [0.15, 0.2) is 0 Å². The van der Waals surface area contributed by atoms with E-state index >= 15 is 0 Å². The lowest BCUT2D eigenvalue weighted by Crippen LogP contribution is -2.35. The maximum atomic E-state index is 13.3. The van der Waals surface area contributed by atoms with Crippen molar-refractivity contribution in [1.29, 1.82) is 0 Å². The standard InChI is InChI=1S/C16H18BrFN2O/c1-16(2,3)20-10-13-9-14(4-5-19-13)21-15-7-11(17)6-12(18)8-15/h4-9,20H,10H2,1-3H3. The summed E-state index contributed by atoms with van der Waals surface area (Å²) in [6.45, 7) is 6.93. The van der Waals surface area contributed by atoms with Crippen LogP contribution in [-0.2, 0) is 6.54 Å². The molecule has 1 N–H and O–H groups in total. The first-order valence-corrected chi connectivity index (χ1v) is 7.45. The topological polar surface area (TPSA) is 34.1 Å². The van der Waals surface area contributed by atoms with Crippen molar-refractivity contribution in [3.63, 3.8) is 0 Å². The van der Waals surface area contributed by atoms with Gasteiger partial charge in [0.1, 0.15) is 17.3 Å². The van der Waals surface area contributed by atoms with Crippen LogP contribution in [0.2, 0.25) is 0 Å². The summed E-state index contributed by atoms with van der Waals surface area (Å²) in [7, 11) is 0. The Morgan fingerprint density at radius 1 is 1.19 bits per heavy atom. The van der Waals surface area contributed by atoms with Crippen LogP contribution in [0.1, 0.15) is 26.5 Å². The van der Waals surface area contributed by atoms with Crippen LogP contribution in [-0.4, -0.2) is 10.5 Å². The van der Waals surface area contributed by atoms with Gasteiger partial charge in [-0.25, -0.2) is 4.39 Å². The van der Waals surface area contributed by atoms with Crippen molar-refractivity contribution in [3.8, 4) is 11.5 Å². The molecule has 0 saturated carbocycles. The van der Waals surface area contributed by atoms with Crippen molar-refractivity contribution in [2.45, 2.75) is 32.9 Å². The fourth-order valence-corrected chi connectivity index (χ4v) is 2.14. The first-order chi connectivity index (χ1) is 9.82. The largest absolute Gasteiger partial charge is 0.457 e. The first-order valence-electron chi connectivity index (χ1n) is 6.66. The van der Waals surface area contributed by atoms with Gasteiger partial charge in [-0.15, -0.1) is 0 Å². The number of rotatable bonds is 4. The number of aromatic nitrogens is 1. The maximum absolute atomic E-state index is 13.3. The van der Waals surface area contributed by atoms with Crippen molar-refractivity contribution in [3.05, 3.63) is 52.5 Å². The summed E-state index contributed by atoms with van der Waals surface area (Å²) >= 11 is 3.25. The molecule has 0 atom stereocenters. The highest BCUT2D eigenvalue weighted by molar-refractivity contribution is 9.10. The molecule has 112 valence electrons. The molecule has 1 aromatic carbocycles. The minimum atomic E-state index is -0.344. The molecule has 2 rings (SSSR count). The van der Waals surface area contributed by atoms with Crippen molar-refractivity contribution >= 4 is 15.9 Å². The lowest BCUT2D eigenvalue weighted by atomic mass is 10.1. The van der Waals surface area contributed by atoms with Crippen LogP contribution >= 0.6 is 15.9 Å². The average molecular weight is 353 g/mol. The highest BCUT2D eigenvalue weighted by Crippen LogP contribution is 2.26. The van der Waals surface area contributed by atoms with Gasteiger partial charge >= 0.3 is 0 Å². The average Bonchev–Trinajstić information content (AvgIpc) is 2.35. The van der Waals surface area contributed by atoms with Gasteiger partial charge in [-0.1, -0.05) is 15.9 Å². The molecule has 0 spiro atoms. The molecule has 2 aromatic rings. The molecule has 0 bridgehead atoms. The van der Waals surface area contributed by atoms with Gasteiger partial charge in [0.25, 0.3) is 0 Å². The molecule has 0 fully saturated rings. The molecule has 0 saturated heterocycles. The number of nitrogens with zero attached hydrogens (tertiary/aromatic N) is 1. The molecule has 0 aliphatic rings. The summed E-state index contributed by atoms with van der Waals surface area (Å²) in [5.41, 5.74) is 0.893. The number of hydrogen-bond acceptors (Lipinski definition) is 3. The van der Waals surface area contributed by atoms with E-state index < -0.39 is 0 Å². The van der Waals surface area contributed by atoms with Crippen molar-refractivity contribution in [2.24, 2.45) is 0 Å². The minimum Gasteiger partial charge on any atom is -0.457 e. The Labute approximate surface area is 132 Å². The van der Waals surface area contributed by atoms with Crippen LogP contribution < -0.4 is 10.1 Å². The van der Waals surface area contributed by atoms with Crippen LogP contribution in [0.5, 0.6) is 11.5 Å². The summed E-state index contributed by atoms with van der Waals surface area (Å²) in [6.07, 6.45) is 1.68. The zero-order chi connectivity index (χ0) is 15.5. The van der Waals surface area contributed by atoms with Gasteiger partial charge in [-0.3, -0.25) is 4.98 Å². The molecular weight excluding hydrogens is 335 g/mol. The molecule has 5 heteroatoms. The fraction of sp³-hybridized carbons (Fsp3) is 0.312. The minimum absolute atomic E-state index is 0.0198. The normalized spacial score (nSPS) is 11.5. The third-order valence-electron chi connectivity index (χ3n) is 2.66. The third kappa shape index (κ3) is 5.44. The Balaban J connectivity index is 2.10. The number of ether oxygens (including phenoxy) is 1. The van der Waals surface area contributed by atoms with Gasteiger partial charge in [-0.2, -0.15) is 0 Å². The van der Waals surface area contributed by atoms with Crippen molar-refractivity contribution < 1.29 is 9.13 Å². The van der Waals surface area contributed by atoms with E-state index in [0.717, 1.165) is 5.69 Å². The van der Waals surface area contributed by atoms with Gasteiger partial charge in [0.05, 0.1) is 5.69 Å². The monoisotopic (exact) mass is 352 g/mol. The van der Waals surface area contributed by atoms with E-state index in [1.807, 2.05) is 6.07 Å². The molecule has 1 heterocycles. The number of halogens is 2. The second-order valence-electron chi connectivity index (χ2n) is 5.79. The fourth-order valence-electron chi connectivity index (χ4n) is 1.70. The lowest BCUT2D eigenvalue weighted by molar-refractivity contribution is 0.419. The Morgan fingerprint density at radius 3 is 2.62 bits per heavy atom. The predicted molar refractivity (Wildman–Crippen MR) is 85.0 cm³/mol. The third-order valence-corrected chi connectivity index (χ3v) is 3.12. The van der Waals surface area contributed by atoms with Gasteiger partial charge in [0, 0.05) is 34.9 Å². The second-order valence-corrected chi connectivity index (χ2v) is 6.71. The zero-order valence-corrected chi connectivity index (χ0v) is 13.9. The van der Waals surface area contributed by atoms with Crippen LogP contribution in [0.4, 0.5) is 4.39 Å². The molecule has 21 heavy (non-hydrogen) atoms. The highest BCUT2D eigenvalue weighted by Gasteiger charge is 2.09. The Morgan fingerprint density at radius 2 is 1.95 bits per heavy atom. The van der Waals surface area contributed by atoms with E-state index in [1.54, 1.807) is 18.3 Å². The number of benzene rings is 1. The van der Waals surface area contributed by atoms with Crippen molar-refractivity contribution in [1.82, 2.24) is 10.3 Å². The van der Waals surface area contributed by atoms with Crippen molar-refractivity contribution in [2.75, 3.05) is 0 Å². The van der Waals surface area contributed by atoms with E-state index in [2.05, 4.69) is 47.0 Å². The summed E-state index contributed by atoms with van der Waals surface area (Å²) in [5.74, 6) is 0.735. The van der Waals surface area contributed by atoms with Crippen LogP contribution in [0.25, 0.3) is 0 Å².